The fourth-order valence-corrected chi connectivity index (χ4v) is 2.10. The minimum Gasteiger partial charge on any atom is -0.481 e. The number of hydrogen-bond acceptors (Lipinski definition) is 2. The molecular formula is C18H20FNO2. The lowest BCUT2D eigenvalue weighted by Crippen LogP contribution is -2.37. The van der Waals surface area contributed by atoms with Crippen molar-refractivity contribution in [2.75, 3.05) is 0 Å². The molecule has 0 aliphatic heterocycles. The Morgan fingerprint density at radius 3 is 2.36 bits per heavy atom. The second kappa shape index (κ2) is 7.07. The number of rotatable bonds is 5. The predicted octanol–water partition coefficient (Wildman–Crippen LogP) is 3.78. The Kier molecular flexibility index (Phi) is 5.15. The minimum atomic E-state index is -0.607. The fourth-order valence-electron chi connectivity index (χ4n) is 2.10. The van der Waals surface area contributed by atoms with Crippen molar-refractivity contribution in [3.8, 4) is 5.75 Å². The number of aryl methyl sites for hydroxylation is 1. The van der Waals surface area contributed by atoms with Gasteiger partial charge in [-0.15, -0.1) is 0 Å². The molecule has 116 valence electrons. The van der Waals surface area contributed by atoms with E-state index in [0.29, 0.717) is 5.75 Å². The van der Waals surface area contributed by atoms with Crippen LogP contribution >= 0.6 is 0 Å². The maximum absolute atomic E-state index is 12.9. The number of nitrogens with one attached hydrogen (secondary N) is 1. The van der Waals surface area contributed by atoms with E-state index in [4.69, 9.17) is 4.74 Å². The van der Waals surface area contributed by atoms with Crippen LogP contribution in [0.25, 0.3) is 0 Å². The van der Waals surface area contributed by atoms with Crippen molar-refractivity contribution in [1.29, 1.82) is 0 Å². The molecule has 1 N–H and O–H groups in total. The number of carbonyl (C=O) groups is 1. The summed E-state index contributed by atoms with van der Waals surface area (Å²) < 4.78 is 18.6. The second-order valence-electron chi connectivity index (χ2n) is 5.31. The van der Waals surface area contributed by atoms with Gasteiger partial charge in [0, 0.05) is 0 Å². The second-order valence-corrected chi connectivity index (χ2v) is 5.31. The molecule has 0 aliphatic rings. The molecule has 0 aromatic heterocycles. The summed E-state index contributed by atoms with van der Waals surface area (Å²) in [5, 5.41) is 2.87. The highest BCUT2D eigenvalue weighted by atomic mass is 19.1. The van der Waals surface area contributed by atoms with E-state index in [9.17, 15) is 9.18 Å². The molecule has 2 atom stereocenters. The van der Waals surface area contributed by atoms with E-state index in [1.54, 1.807) is 19.1 Å². The topological polar surface area (TPSA) is 38.3 Å². The van der Waals surface area contributed by atoms with Crippen molar-refractivity contribution in [3.63, 3.8) is 0 Å². The van der Waals surface area contributed by atoms with E-state index in [1.807, 2.05) is 38.1 Å². The van der Waals surface area contributed by atoms with Gasteiger partial charge in [-0.25, -0.2) is 4.39 Å². The SMILES string of the molecule is Cc1ccccc1OC(C)C(=O)NC(C)c1ccc(F)cc1. The summed E-state index contributed by atoms with van der Waals surface area (Å²) in [6.45, 7) is 5.49. The molecule has 2 rings (SSSR count). The number of para-hydroxylation sites is 1. The fraction of sp³-hybridized carbons (Fsp3) is 0.278. The summed E-state index contributed by atoms with van der Waals surface area (Å²) >= 11 is 0. The summed E-state index contributed by atoms with van der Waals surface area (Å²) in [6, 6.07) is 13.4. The highest BCUT2D eigenvalue weighted by Gasteiger charge is 2.18. The van der Waals surface area contributed by atoms with E-state index in [0.717, 1.165) is 11.1 Å². The van der Waals surface area contributed by atoms with Crippen molar-refractivity contribution in [1.82, 2.24) is 5.32 Å². The number of hydrogen-bond donors (Lipinski definition) is 1. The monoisotopic (exact) mass is 301 g/mol. The maximum atomic E-state index is 12.9. The van der Waals surface area contributed by atoms with Crippen LogP contribution in [0.3, 0.4) is 0 Å². The summed E-state index contributed by atoms with van der Waals surface area (Å²) in [7, 11) is 0. The molecule has 0 saturated carbocycles. The molecule has 0 heterocycles. The van der Waals surface area contributed by atoms with Gasteiger partial charge in [0.15, 0.2) is 6.10 Å². The lowest BCUT2D eigenvalue weighted by molar-refractivity contribution is -0.127. The van der Waals surface area contributed by atoms with Crippen molar-refractivity contribution in [2.45, 2.75) is 32.9 Å². The van der Waals surface area contributed by atoms with Crippen LogP contribution < -0.4 is 10.1 Å². The highest BCUT2D eigenvalue weighted by molar-refractivity contribution is 5.81. The quantitative estimate of drug-likeness (QED) is 0.912. The molecule has 4 heteroatoms. The smallest absolute Gasteiger partial charge is 0.261 e. The Bertz CT molecular complexity index is 640. The van der Waals surface area contributed by atoms with Gasteiger partial charge < -0.3 is 10.1 Å². The van der Waals surface area contributed by atoms with Gasteiger partial charge in [0.25, 0.3) is 5.91 Å². The van der Waals surface area contributed by atoms with Crippen LogP contribution in [0.15, 0.2) is 48.5 Å². The van der Waals surface area contributed by atoms with Crippen LogP contribution in [0, 0.1) is 12.7 Å². The molecular weight excluding hydrogens is 281 g/mol. The maximum Gasteiger partial charge on any atom is 0.261 e. The number of ether oxygens (including phenoxy) is 1. The summed E-state index contributed by atoms with van der Waals surface area (Å²) in [6.07, 6.45) is -0.607. The van der Waals surface area contributed by atoms with E-state index in [2.05, 4.69) is 5.32 Å². The van der Waals surface area contributed by atoms with Crippen molar-refractivity contribution in [2.24, 2.45) is 0 Å². The predicted molar refractivity (Wildman–Crippen MR) is 84.2 cm³/mol. The Hall–Kier alpha value is -2.36. The summed E-state index contributed by atoms with van der Waals surface area (Å²) in [5.41, 5.74) is 1.83. The Balaban J connectivity index is 1.96. The number of carbonyl (C=O) groups excluding carboxylic acids is 1. The zero-order valence-electron chi connectivity index (χ0n) is 13.0. The van der Waals surface area contributed by atoms with E-state index >= 15 is 0 Å². The third-order valence-corrected chi connectivity index (χ3v) is 3.50. The van der Waals surface area contributed by atoms with Gasteiger partial charge in [-0.3, -0.25) is 4.79 Å². The average molecular weight is 301 g/mol. The van der Waals surface area contributed by atoms with Crippen LogP contribution in [0.2, 0.25) is 0 Å². The first-order valence-corrected chi connectivity index (χ1v) is 7.25. The standard InChI is InChI=1S/C18H20FNO2/c1-12-6-4-5-7-17(12)22-14(3)18(21)20-13(2)15-8-10-16(19)11-9-15/h4-11,13-14H,1-3H3,(H,20,21). The number of amides is 1. The van der Waals surface area contributed by atoms with Crippen molar-refractivity contribution in [3.05, 3.63) is 65.5 Å². The molecule has 2 aromatic carbocycles. The van der Waals surface area contributed by atoms with Crippen LogP contribution in [0.5, 0.6) is 5.75 Å². The number of benzene rings is 2. The van der Waals surface area contributed by atoms with Gasteiger partial charge in [0.2, 0.25) is 0 Å². The van der Waals surface area contributed by atoms with Gasteiger partial charge in [-0.1, -0.05) is 30.3 Å². The molecule has 0 aliphatic carbocycles. The molecule has 0 fully saturated rings. The van der Waals surface area contributed by atoms with Gasteiger partial charge in [-0.05, 0) is 50.1 Å². The summed E-state index contributed by atoms with van der Waals surface area (Å²) in [5.74, 6) is 0.193. The zero-order valence-corrected chi connectivity index (χ0v) is 13.0. The van der Waals surface area contributed by atoms with Crippen LogP contribution in [-0.4, -0.2) is 12.0 Å². The van der Waals surface area contributed by atoms with Gasteiger partial charge in [-0.2, -0.15) is 0 Å². The molecule has 0 saturated heterocycles. The Morgan fingerprint density at radius 1 is 1.09 bits per heavy atom. The van der Waals surface area contributed by atoms with Crippen molar-refractivity contribution >= 4 is 5.91 Å². The first-order chi connectivity index (χ1) is 10.5. The zero-order chi connectivity index (χ0) is 16.1. The van der Waals surface area contributed by atoms with Crippen molar-refractivity contribution < 1.29 is 13.9 Å². The molecule has 0 radical (unpaired) electrons. The first kappa shape index (κ1) is 16.0. The Morgan fingerprint density at radius 2 is 1.73 bits per heavy atom. The van der Waals surface area contributed by atoms with E-state index in [1.165, 1.54) is 12.1 Å². The lowest BCUT2D eigenvalue weighted by atomic mass is 10.1. The highest BCUT2D eigenvalue weighted by Crippen LogP contribution is 2.18. The van der Waals surface area contributed by atoms with Crippen LogP contribution in [-0.2, 0) is 4.79 Å². The molecule has 3 nitrogen and oxygen atoms in total. The van der Waals surface area contributed by atoms with Gasteiger partial charge >= 0.3 is 0 Å². The molecule has 2 aromatic rings. The minimum absolute atomic E-state index is 0.208. The van der Waals surface area contributed by atoms with E-state index < -0.39 is 6.10 Å². The lowest BCUT2D eigenvalue weighted by Gasteiger charge is -2.19. The van der Waals surface area contributed by atoms with Crippen LogP contribution in [0.1, 0.15) is 31.0 Å². The third-order valence-electron chi connectivity index (χ3n) is 3.50. The molecule has 22 heavy (non-hydrogen) atoms. The summed E-state index contributed by atoms with van der Waals surface area (Å²) in [4.78, 5) is 12.2. The first-order valence-electron chi connectivity index (χ1n) is 7.25. The molecule has 0 bridgehead atoms. The third kappa shape index (κ3) is 4.07. The van der Waals surface area contributed by atoms with Crippen LogP contribution in [0.4, 0.5) is 4.39 Å². The molecule has 1 amide bonds. The number of halogens is 1. The normalized spacial score (nSPS) is 13.3. The van der Waals surface area contributed by atoms with Gasteiger partial charge in [0.05, 0.1) is 6.04 Å². The average Bonchev–Trinajstić information content (AvgIpc) is 2.50. The van der Waals surface area contributed by atoms with Gasteiger partial charge in [0.1, 0.15) is 11.6 Å². The Labute approximate surface area is 130 Å². The molecule has 2 unspecified atom stereocenters. The molecule has 0 spiro atoms. The largest absolute Gasteiger partial charge is 0.481 e. The van der Waals surface area contributed by atoms with E-state index in [-0.39, 0.29) is 17.8 Å².